The highest BCUT2D eigenvalue weighted by Crippen LogP contribution is 2.48. The monoisotopic (exact) mass is 510 g/mol. The zero-order valence-electron chi connectivity index (χ0n) is 18.9. The molecule has 15 atom stereocenters. The highest BCUT2D eigenvalue weighted by atomic mass is 16.8. The van der Waals surface area contributed by atoms with Crippen molar-refractivity contribution in [3.63, 3.8) is 0 Å². The third-order valence-corrected chi connectivity index (χ3v) is 7.26. The molecule has 0 amide bonds. The molecule has 14 nitrogen and oxygen atoms in total. The second kappa shape index (κ2) is 10.4. The molecule has 0 aromatic heterocycles. The van der Waals surface area contributed by atoms with E-state index in [9.17, 15) is 46.0 Å². The van der Waals surface area contributed by atoms with E-state index in [4.69, 9.17) is 23.7 Å². The van der Waals surface area contributed by atoms with Gasteiger partial charge in [-0.15, -0.1) is 0 Å². The Balaban J connectivity index is 1.48. The van der Waals surface area contributed by atoms with Gasteiger partial charge < -0.3 is 69.6 Å². The number of rotatable bonds is 6. The first-order valence-electron chi connectivity index (χ1n) is 11.5. The molecule has 9 N–H and O–H groups in total. The Bertz CT molecular complexity index is 746. The average molecular weight is 510 g/mol. The molecule has 0 spiro atoms. The minimum Gasteiger partial charge on any atom is -0.472 e. The first-order valence-corrected chi connectivity index (χ1v) is 11.5. The molecular formula is C21H34O14. The summed E-state index contributed by atoms with van der Waals surface area (Å²) in [7, 11) is 0. The summed E-state index contributed by atoms with van der Waals surface area (Å²) in [5.74, 6) is -1.37. The lowest BCUT2D eigenvalue weighted by atomic mass is 9.85. The van der Waals surface area contributed by atoms with Gasteiger partial charge >= 0.3 is 0 Å². The van der Waals surface area contributed by atoms with Gasteiger partial charge in [-0.3, -0.25) is 0 Å². The largest absolute Gasteiger partial charge is 0.472 e. The molecule has 4 aliphatic rings. The highest BCUT2D eigenvalue weighted by molar-refractivity contribution is 5.11. The van der Waals surface area contributed by atoms with E-state index in [0.717, 1.165) is 0 Å². The molecule has 202 valence electrons. The summed E-state index contributed by atoms with van der Waals surface area (Å²) in [6.45, 7) is 0.241. The van der Waals surface area contributed by atoms with Crippen LogP contribution in [0, 0.1) is 11.8 Å². The van der Waals surface area contributed by atoms with Crippen molar-refractivity contribution < 1.29 is 69.6 Å². The zero-order chi connectivity index (χ0) is 25.7. The minimum absolute atomic E-state index is 0.0135. The SMILES string of the molecule is C[C@]1(O)C[C@@H](O[C@@H]2O[C@H](CO)[C@@H](O)[C@H](O)[C@H]2O)[C@@H]2C=CO[C@@H](O[C@@H]3O[C@H](CO)[C@@H](O)[C@H](O)[C@H]3O)[C@@H]21. The minimum atomic E-state index is -1.67. The Morgan fingerprint density at radius 1 is 0.771 bits per heavy atom. The molecule has 1 aliphatic carbocycles. The third-order valence-electron chi connectivity index (χ3n) is 7.26. The maximum absolute atomic E-state index is 11.2. The first-order chi connectivity index (χ1) is 16.5. The quantitative estimate of drug-likeness (QED) is 0.163. The number of hydrogen-bond acceptors (Lipinski definition) is 14. The molecular weight excluding hydrogens is 476 g/mol. The predicted molar refractivity (Wildman–Crippen MR) is 110 cm³/mol. The maximum Gasteiger partial charge on any atom is 0.207 e. The van der Waals surface area contributed by atoms with Crippen LogP contribution < -0.4 is 0 Å². The predicted octanol–water partition coefficient (Wildman–Crippen LogP) is -4.75. The Morgan fingerprint density at radius 3 is 1.80 bits per heavy atom. The van der Waals surface area contributed by atoms with Gasteiger partial charge in [-0.25, -0.2) is 0 Å². The van der Waals surface area contributed by atoms with Crippen LogP contribution in [0.3, 0.4) is 0 Å². The van der Waals surface area contributed by atoms with Crippen molar-refractivity contribution in [3.8, 4) is 0 Å². The van der Waals surface area contributed by atoms with Crippen molar-refractivity contribution in [1.29, 1.82) is 0 Å². The van der Waals surface area contributed by atoms with Gasteiger partial charge in [-0.2, -0.15) is 0 Å². The van der Waals surface area contributed by atoms with Gasteiger partial charge in [0.2, 0.25) is 6.29 Å². The molecule has 1 saturated carbocycles. The van der Waals surface area contributed by atoms with Gasteiger partial charge in [0.25, 0.3) is 0 Å². The molecule has 0 unspecified atom stereocenters. The highest BCUT2D eigenvalue weighted by Gasteiger charge is 2.58. The number of hydrogen-bond donors (Lipinski definition) is 9. The van der Waals surface area contributed by atoms with Gasteiger partial charge in [-0.1, -0.05) is 0 Å². The van der Waals surface area contributed by atoms with E-state index >= 15 is 0 Å². The van der Waals surface area contributed by atoms with E-state index in [-0.39, 0.29) is 6.42 Å². The average Bonchev–Trinajstić information content (AvgIpc) is 3.10. The van der Waals surface area contributed by atoms with Crippen LogP contribution in [0.4, 0.5) is 0 Å². The molecule has 2 saturated heterocycles. The van der Waals surface area contributed by atoms with Gasteiger partial charge in [0.05, 0.1) is 37.1 Å². The van der Waals surface area contributed by atoms with Crippen LogP contribution in [-0.4, -0.2) is 139 Å². The number of aliphatic hydroxyl groups is 9. The lowest BCUT2D eigenvalue weighted by Gasteiger charge is -2.44. The second-order valence-corrected chi connectivity index (χ2v) is 9.70. The van der Waals surface area contributed by atoms with E-state index in [2.05, 4.69) is 0 Å². The van der Waals surface area contributed by atoms with E-state index < -0.39 is 104 Å². The number of fused-ring (bicyclic) bond motifs is 1. The van der Waals surface area contributed by atoms with E-state index in [1.54, 1.807) is 6.08 Å². The number of aliphatic hydroxyl groups excluding tert-OH is 8. The molecule has 0 radical (unpaired) electrons. The molecule has 3 heterocycles. The molecule has 35 heavy (non-hydrogen) atoms. The molecule has 3 aliphatic heterocycles. The normalized spacial score (nSPS) is 54.3. The van der Waals surface area contributed by atoms with Crippen LogP contribution in [0.5, 0.6) is 0 Å². The van der Waals surface area contributed by atoms with Crippen molar-refractivity contribution in [2.45, 2.75) is 92.8 Å². The Labute approximate surface area is 200 Å². The maximum atomic E-state index is 11.2. The zero-order valence-corrected chi connectivity index (χ0v) is 18.9. The summed E-state index contributed by atoms with van der Waals surface area (Å²) in [5, 5.41) is 90.6. The summed E-state index contributed by atoms with van der Waals surface area (Å²) in [4.78, 5) is 0. The standard InChI is InChI=1S/C21H34O14/c1-21(30)4-8(32-19-16(28)14(26)12(24)9(5-22)33-19)7-2-3-31-18(11(7)21)35-20-17(29)15(27)13(25)10(6-23)34-20/h2-3,7-20,22-30H,4-6H2,1H3/t7-,8+,9+,10+,11+,12+,13+,14-,15-,16+,17+,18-,19+,20-,21-/m0/s1. The fourth-order valence-corrected chi connectivity index (χ4v) is 5.26. The molecule has 3 fully saturated rings. The van der Waals surface area contributed by atoms with Crippen LogP contribution in [0.2, 0.25) is 0 Å². The summed E-state index contributed by atoms with van der Waals surface area (Å²) < 4.78 is 28.0. The van der Waals surface area contributed by atoms with Crippen molar-refractivity contribution in [1.82, 2.24) is 0 Å². The first kappa shape index (κ1) is 27.1. The van der Waals surface area contributed by atoms with Crippen molar-refractivity contribution in [2.75, 3.05) is 13.2 Å². The molecule has 0 bridgehead atoms. The van der Waals surface area contributed by atoms with Crippen molar-refractivity contribution in [3.05, 3.63) is 12.3 Å². The third kappa shape index (κ3) is 4.96. The van der Waals surface area contributed by atoms with Crippen LogP contribution in [0.25, 0.3) is 0 Å². The van der Waals surface area contributed by atoms with Gasteiger partial charge in [0, 0.05) is 12.3 Å². The smallest absolute Gasteiger partial charge is 0.207 e. The lowest BCUT2D eigenvalue weighted by molar-refractivity contribution is -0.347. The molecule has 0 aromatic carbocycles. The van der Waals surface area contributed by atoms with Gasteiger partial charge in [0.15, 0.2) is 12.6 Å². The second-order valence-electron chi connectivity index (χ2n) is 9.70. The Hall–Kier alpha value is -0.980. The van der Waals surface area contributed by atoms with E-state index in [0.29, 0.717) is 0 Å². The molecule has 0 aromatic rings. The number of ether oxygens (including phenoxy) is 5. The summed E-state index contributed by atoms with van der Waals surface area (Å²) >= 11 is 0. The summed E-state index contributed by atoms with van der Waals surface area (Å²) in [6, 6.07) is 0. The van der Waals surface area contributed by atoms with Crippen LogP contribution >= 0.6 is 0 Å². The fraction of sp³-hybridized carbons (Fsp3) is 0.905. The topological polar surface area (TPSA) is 228 Å². The van der Waals surface area contributed by atoms with Crippen molar-refractivity contribution >= 4 is 0 Å². The van der Waals surface area contributed by atoms with E-state index in [1.807, 2.05) is 0 Å². The van der Waals surface area contributed by atoms with Crippen LogP contribution in [-0.2, 0) is 23.7 Å². The van der Waals surface area contributed by atoms with E-state index in [1.165, 1.54) is 13.2 Å². The van der Waals surface area contributed by atoms with Gasteiger partial charge in [-0.05, 0) is 13.0 Å². The van der Waals surface area contributed by atoms with Gasteiger partial charge in [0.1, 0.15) is 48.8 Å². The Kier molecular flexibility index (Phi) is 8.05. The molecule has 14 heteroatoms. The van der Waals surface area contributed by atoms with Crippen LogP contribution in [0.1, 0.15) is 13.3 Å². The lowest BCUT2D eigenvalue weighted by Crippen LogP contribution is -2.60. The summed E-state index contributed by atoms with van der Waals surface area (Å²) in [6.07, 6.45) is -14.0. The summed E-state index contributed by atoms with van der Waals surface area (Å²) in [5.41, 5.74) is -1.47. The van der Waals surface area contributed by atoms with Crippen LogP contribution in [0.15, 0.2) is 12.3 Å². The van der Waals surface area contributed by atoms with Crippen molar-refractivity contribution in [2.24, 2.45) is 11.8 Å². The Morgan fingerprint density at radius 2 is 1.29 bits per heavy atom. The molecule has 4 rings (SSSR count). The fourth-order valence-electron chi connectivity index (χ4n) is 5.26.